The third-order valence-corrected chi connectivity index (χ3v) is 3.54. The summed E-state index contributed by atoms with van der Waals surface area (Å²) in [5.74, 6) is -2.13. The van der Waals surface area contributed by atoms with E-state index in [0.29, 0.717) is 13.1 Å². The fourth-order valence-corrected chi connectivity index (χ4v) is 2.25. The second kappa shape index (κ2) is 8.46. The number of rotatable bonds is 7. The van der Waals surface area contributed by atoms with E-state index in [-0.39, 0.29) is 25.4 Å². The summed E-state index contributed by atoms with van der Waals surface area (Å²) in [6, 6.07) is -1.48. The molecule has 1 fully saturated rings. The molecule has 2 amide bonds. The molecule has 120 valence electrons. The first kappa shape index (κ1) is 17.2. The number of ether oxygens (including phenoxy) is 1. The van der Waals surface area contributed by atoms with E-state index in [1.165, 1.54) is 0 Å². The van der Waals surface area contributed by atoms with Gasteiger partial charge in [-0.05, 0) is 25.7 Å². The van der Waals surface area contributed by atoms with E-state index >= 15 is 0 Å². The highest BCUT2D eigenvalue weighted by molar-refractivity contribution is 5.82. The van der Waals surface area contributed by atoms with Gasteiger partial charge in [0.2, 0.25) is 0 Å². The SMILES string of the molecule is COC1CCN(C(=O)N[C@H](CCCC(=O)O)C(=O)O)CC1. The molecule has 21 heavy (non-hydrogen) atoms. The number of carbonyl (C=O) groups excluding carboxylic acids is 1. The van der Waals surface area contributed by atoms with Gasteiger partial charge in [-0.3, -0.25) is 4.79 Å². The minimum Gasteiger partial charge on any atom is -0.481 e. The van der Waals surface area contributed by atoms with Crippen LogP contribution in [0.25, 0.3) is 0 Å². The van der Waals surface area contributed by atoms with Gasteiger partial charge in [0.15, 0.2) is 0 Å². The molecule has 0 unspecified atom stereocenters. The first-order valence-electron chi connectivity index (χ1n) is 6.97. The van der Waals surface area contributed by atoms with Gasteiger partial charge in [-0.15, -0.1) is 0 Å². The molecule has 0 bridgehead atoms. The van der Waals surface area contributed by atoms with Gasteiger partial charge in [0.05, 0.1) is 6.10 Å². The maximum atomic E-state index is 12.0. The normalized spacial score (nSPS) is 17.3. The molecule has 0 aromatic carbocycles. The number of piperidine rings is 1. The Kier molecular flexibility index (Phi) is 6.93. The van der Waals surface area contributed by atoms with E-state index < -0.39 is 24.0 Å². The average Bonchev–Trinajstić information content (AvgIpc) is 2.45. The Morgan fingerprint density at radius 2 is 1.90 bits per heavy atom. The van der Waals surface area contributed by atoms with Crippen molar-refractivity contribution in [2.75, 3.05) is 20.2 Å². The predicted octanol–water partition coefficient (Wildman–Crippen LogP) is 0.515. The third-order valence-electron chi connectivity index (χ3n) is 3.54. The molecule has 0 radical (unpaired) electrons. The van der Waals surface area contributed by atoms with Gasteiger partial charge < -0.3 is 25.2 Å². The van der Waals surface area contributed by atoms with Gasteiger partial charge in [0, 0.05) is 26.6 Å². The Morgan fingerprint density at radius 1 is 1.29 bits per heavy atom. The largest absolute Gasteiger partial charge is 0.481 e. The Labute approximate surface area is 123 Å². The summed E-state index contributed by atoms with van der Waals surface area (Å²) in [5.41, 5.74) is 0. The summed E-state index contributed by atoms with van der Waals surface area (Å²) in [5, 5.41) is 20.1. The number of amides is 2. The highest BCUT2D eigenvalue weighted by atomic mass is 16.5. The number of methoxy groups -OCH3 is 1. The molecule has 1 saturated heterocycles. The zero-order valence-corrected chi connectivity index (χ0v) is 12.1. The molecule has 0 saturated carbocycles. The molecule has 1 rings (SSSR count). The molecule has 1 heterocycles. The Hall–Kier alpha value is -1.83. The summed E-state index contributed by atoms with van der Waals surface area (Å²) in [4.78, 5) is 35.1. The van der Waals surface area contributed by atoms with Crippen LogP contribution in [0.2, 0.25) is 0 Å². The fraction of sp³-hybridized carbons (Fsp3) is 0.769. The third kappa shape index (κ3) is 5.99. The minimum atomic E-state index is -1.15. The predicted molar refractivity (Wildman–Crippen MR) is 73.0 cm³/mol. The molecule has 0 aromatic heterocycles. The van der Waals surface area contributed by atoms with Crippen molar-refractivity contribution in [3.63, 3.8) is 0 Å². The summed E-state index contributed by atoms with van der Waals surface area (Å²) in [6.45, 7) is 1.04. The van der Waals surface area contributed by atoms with Crippen molar-refractivity contribution in [3.8, 4) is 0 Å². The fourth-order valence-electron chi connectivity index (χ4n) is 2.25. The standard InChI is InChI=1S/C13H22N2O6/c1-21-9-5-7-15(8-6-9)13(20)14-10(12(18)19)3-2-4-11(16)17/h9-10H,2-8H2,1H3,(H,14,20)(H,16,17)(H,18,19)/t10-/m1/s1. The number of hydrogen-bond acceptors (Lipinski definition) is 4. The van der Waals surface area contributed by atoms with Crippen LogP contribution < -0.4 is 5.32 Å². The minimum absolute atomic E-state index is 0.0991. The molecular formula is C13H22N2O6. The van der Waals surface area contributed by atoms with Crippen LogP contribution in [-0.4, -0.2) is 65.4 Å². The second-order valence-electron chi connectivity index (χ2n) is 5.05. The molecule has 8 heteroatoms. The van der Waals surface area contributed by atoms with E-state index in [0.717, 1.165) is 12.8 Å². The summed E-state index contributed by atoms with van der Waals surface area (Å²) < 4.78 is 5.21. The monoisotopic (exact) mass is 302 g/mol. The van der Waals surface area contributed by atoms with E-state index in [2.05, 4.69) is 5.32 Å². The zero-order chi connectivity index (χ0) is 15.8. The van der Waals surface area contributed by atoms with Gasteiger partial charge in [-0.2, -0.15) is 0 Å². The highest BCUT2D eigenvalue weighted by Crippen LogP contribution is 2.13. The molecule has 1 aliphatic heterocycles. The van der Waals surface area contributed by atoms with Gasteiger partial charge in [-0.1, -0.05) is 0 Å². The summed E-state index contributed by atoms with van der Waals surface area (Å²) in [6.07, 6.45) is 1.78. The van der Waals surface area contributed by atoms with Crippen molar-refractivity contribution >= 4 is 18.0 Å². The molecule has 8 nitrogen and oxygen atoms in total. The molecule has 0 aliphatic carbocycles. The van der Waals surface area contributed by atoms with Crippen molar-refractivity contribution in [2.45, 2.75) is 44.2 Å². The first-order valence-corrected chi connectivity index (χ1v) is 6.97. The van der Waals surface area contributed by atoms with E-state index in [1.807, 2.05) is 0 Å². The van der Waals surface area contributed by atoms with Crippen LogP contribution in [0.15, 0.2) is 0 Å². The number of likely N-dealkylation sites (tertiary alicyclic amines) is 1. The van der Waals surface area contributed by atoms with Crippen LogP contribution >= 0.6 is 0 Å². The topological polar surface area (TPSA) is 116 Å². The van der Waals surface area contributed by atoms with E-state index in [4.69, 9.17) is 14.9 Å². The number of carboxylic acids is 2. The van der Waals surface area contributed by atoms with Crippen molar-refractivity contribution in [3.05, 3.63) is 0 Å². The lowest BCUT2D eigenvalue weighted by Crippen LogP contribution is -2.50. The lowest BCUT2D eigenvalue weighted by atomic mass is 10.1. The maximum absolute atomic E-state index is 12.0. The number of urea groups is 1. The lowest BCUT2D eigenvalue weighted by molar-refractivity contribution is -0.140. The van der Waals surface area contributed by atoms with Crippen molar-refractivity contribution < 1.29 is 29.3 Å². The molecular weight excluding hydrogens is 280 g/mol. The first-order chi connectivity index (χ1) is 9.93. The number of nitrogens with zero attached hydrogens (tertiary/aromatic N) is 1. The van der Waals surface area contributed by atoms with Gasteiger partial charge in [-0.25, -0.2) is 9.59 Å². The Morgan fingerprint density at radius 3 is 2.38 bits per heavy atom. The maximum Gasteiger partial charge on any atom is 0.326 e. The lowest BCUT2D eigenvalue weighted by Gasteiger charge is -2.32. The van der Waals surface area contributed by atoms with Crippen molar-refractivity contribution in [2.24, 2.45) is 0 Å². The van der Waals surface area contributed by atoms with E-state index in [9.17, 15) is 14.4 Å². The molecule has 0 spiro atoms. The van der Waals surface area contributed by atoms with Crippen LogP contribution in [0.4, 0.5) is 4.79 Å². The number of nitrogens with one attached hydrogen (secondary N) is 1. The number of aliphatic carboxylic acids is 2. The molecule has 1 atom stereocenters. The number of carbonyl (C=O) groups is 3. The number of carboxylic acid groups (broad SMARTS) is 2. The number of hydrogen-bond donors (Lipinski definition) is 3. The van der Waals surface area contributed by atoms with Crippen LogP contribution in [0.1, 0.15) is 32.1 Å². The van der Waals surface area contributed by atoms with Crippen LogP contribution in [0.5, 0.6) is 0 Å². The quantitative estimate of drug-likeness (QED) is 0.631. The molecule has 0 aromatic rings. The zero-order valence-electron chi connectivity index (χ0n) is 12.1. The summed E-state index contributed by atoms with van der Waals surface area (Å²) in [7, 11) is 1.63. The van der Waals surface area contributed by atoms with Crippen molar-refractivity contribution in [1.29, 1.82) is 0 Å². The smallest absolute Gasteiger partial charge is 0.326 e. The Bertz CT molecular complexity index is 379. The van der Waals surface area contributed by atoms with Crippen LogP contribution in [-0.2, 0) is 14.3 Å². The molecule has 1 aliphatic rings. The van der Waals surface area contributed by atoms with Crippen LogP contribution in [0.3, 0.4) is 0 Å². The van der Waals surface area contributed by atoms with Crippen molar-refractivity contribution in [1.82, 2.24) is 10.2 Å². The Balaban J connectivity index is 2.41. The van der Waals surface area contributed by atoms with Crippen LogP contribution in [0, 0.1) is 0 Å². The van der Waals surface area contributed by atoms with Gasteiger partial charge >= 0.3 is 18.0 Å². The van der Waals surface area contributed by atoms with Gasteiger partial charge in [0.1, 0.15) is 6.04 Å². The second-order valence-corrected chi connectivity index (χ2v) is 5.05. The molecule has 3 N–H and O–H groups in total. The van der Waals surface area contributed by atoms with Gasteiger partial charge in [0.25, 0.3) is 0 Å². The average molecular weight is 302 g/mol. The highest BCUT2D eigenvalue weighted by Gasteiger charge is 2.26. The van der Waals surface area contributed by atoms with E-state index in [1.54, 1.807) is 12.0 Å². The summed E-state index contributed by atoms with van der Waals surface area (Å²) >= 11 is 0.